The van der Waals surface area contributed by atoms with Crippen molar-refractivity contribution in [1.29, 1.82) is 0 Å². The van der Waals surface area contributed by atoms with Gasteiger partial charge < -0.3 is 0 Å². The van der Waals surface area contributed by atoms with Gasteiger partial charge >= 0.3 is 0 Å². The second kappa shape index (κ2) is 4.82. The van der Waals surface area contributed by atoms with E-state index >= 15 is 0 Å². The largest absolute Gasteiger partial charge is 0.245 e. The number of nitrogens with zero attached hydrogens (tertiary/aromatic N) is 1. The minimum Gasteiger partial charge on any atom is -0.245 e. The van der Waals surface area contributed by atoms with Crippen LogP contribution >= 0.6 is 0 Å². The highest BCUT2D eigenvalue weighted by atomic mass is 15.8. The van der Waals surface area contributed by atoms with Crippen molar-refractivity contribution in [2.75, 3.05) is 14.1 Å². The molecule has 48 valence electrons. The second-order valence-corrected chi connectivity index (χ2v) is 2.29. The highest BCUT2D eigenvalue weighted by molar-refractivity contribution is 5.50. The van der Waals surface area contributed by atoms with Gasteiger partial charge in [0.15, 0.2) is 0 Å². The Hall–Kier alpha value is -0.330. The van der Waals surface area contributed by atoms with E-state index in [0.29, 0.717) is 0 Å². The lowest BCUT2D eigenvalue weighted by atomic mass is 10.4. The lowest BCUT2D eigenvalue weighted by Crippen LogP contribution is -1.97. The summed E-state index contributed by atoms with van der Waals surface area (Å²) in [5.74, 6) is 0. The third kappa shape index (κ3) is 5.67. The Morgan fingerprint density at radius 3 is 2.38 bits per heavy atom. The Labute approximate surface area is 52.0 Å². The van der Waals surface area contributed by atoms with Crippen LogP contribution in [0.1, 0.15) is 26.2 Å². The Morgan fingerprint density at radius 2 is 2.00 bits per heavy atom. The van der Waals surface area contributed by atoms with Crippen molar-refractivity contribution in [3.8, 4) is 0 Å². The molecule has 0 atom stereocenters. The van der Waals surface area contributed by atoms with Crippen LogP contribution in [0.15, 0.2) is 0 Å². The van der Waals surface area contributed by atoms with Gasteiger partial charge in [-0.3, -0.25) is 0 Å². The van der Waals surface area contributed by atoms with Crippen LogP contribution in [-0.4, -0.2) is 24.9 Å². The number of unbranched alkanes of at least 4 members (excludes halogenated alkanes) is 2. The molecule has 0 radical (unpaired) electrons. The van der Waals surface area contributed by atoms with Crippen molar-refractivity contribution in [2.24, 2.45) is 0 Å². The zero-order valence-corrected chi connectivity index (χ0v) is 6.15. The average molecular weight is 118 g/mol. The van der Waals surface area contributed by atoms with E-state index < -0.39 is 0 Å². The SMILES string of the molecule is C[15N+]([13CH3])=CCC[13CH2][13CH3]. The van der Waals surface area contributed by atoms with E-state index in [1.54, 1.807) is 0 Å². The van der Waals surface area contributed by atoms with Crippen molar-refractivity contribution in [3.63, 3.8) is 0 Å². The van der Waals surface area contributed by atoms with Crippen LogP contribution in [-0.2, 0) is 0 Å². The van der Waals surface area contributed by atoms with Crippen LogP contribution in [0.3, 0.4) is 0 Å². The molecule has 0 saturated heterocycles. The van der Waals surface area contributed by atoms with Crippen molar-refractivity contribution < 1.29 is 4.58 Å². The van der Waals surface area contributed by atoms with Gasteiger partial charge in [0, 0.05) is 6.42 Å². The molecular formula is C7H16N+. The van der Waals surface area contributed by atoms with Crippen molar-refractivity contribution >= 4 is 6.21 Å². The van der Waals surface area contributed by atoms with Gasteiger partial charge in [-0.2, -0.15) is 0 Å². The van der Waals surface area contributed by atoms with Crippen molar-refractivity contribution in [1.82, 2.24) is 0 Å². The first-order valence-electron chi connectivity index (χ1n) is 3.27. The van der Waals surface area contributed by atoms with E-state index in [2.05, 4.69) is 31.8 Å². The molecule has 0 unspecified atom stereocenters. The van der Waals surface area contributed by atoms with Crippen molar-refractivity contribution in [2.45, 2.75) is 26.2 Å². The van der Waals surface area contributed by atoms with Gasteiger partial charge in [-0.05, 0) is 6.42 Å². The molecule has 0 bridgehead atoms. The average Bonchev–Trinajstić information content (AvgIpc) is 1.66. The molecule has 0 rings (SSSR count). The zero-order chi connectivity index (χ0) is 6.41. The van der Waals surface area contributed by atoms with E-state index in [1.807, 2.05) is 0 Å². The molecule has 0 aliphatic carbocycles. The third-order valence-corrected chi connectivity index (χ3v) is 1.05. The molecule has 1 nitrogen and oxygen atoms in total. The molecule has 0 fully saturated rings. The van der Waals surface area contributed by atoms with Gasteiger partial charge in [-0.25, -0.2) is 4.58 Å². The van der Waals surface area contributed by atoms with Crippen LogP contribution in [0.2, 0.25) is 0 Å². The fraction of sp³-hybridized carbons (Fsp3) is 0.857. The topological polar surface area (TPSA) is 3.01 Å². The quantitative estimate of drug-likeness (QED) is 0.174. The first kappa shape index (κ1) is 7.67. The van der Waals surface area contributed by atoms with Crippen molar-refractivity contribution in [3.05, 3.63) is 0 Å². The standard InChI is InChI=1S/C7H16N/c1-4-5-6-7-8(2)3/h7H,4-6H2,1-3H3/q+1/i1+1,2+1,4+1,8+1. The number of rotatable bonds is 3. The Kier molecular flexibility index (Phi) is 4.62. The first-order chi connectivity index (χ1) is 3.77. The summed E-state index contributed by atoms with van der Waals surface area (Å²) in [4.78, 5) is 0. The molecule has 0 spiro atoms. The minimum atomic E-state index is 1.23. The van der Waals surface area contributed by atoms with Gasteiger partial charge in [0.25, 0.3) is 0 Å². The van der Waals surface area contributed by atoms with Gasteiger partial charge in [-0.1, -0.05) is 13.3 Å². The molecular weight excluding hydrogens is 102 g/mol. The van der Waals surface area contributed by atoms with Crippen LogP contribution < -0.4 is 0 Å². The summed E-state index contributed by atoms with van der Waals surface area (Å²) in [6.45, 7) is 2.21. The normalized spacial score (nSPS) is 12.1. The Morgan fingerprint density at radius 1 is 1.38 bits per heavy atom. The number of hydrogen-bond acceptors (Lipinski definition) is 0. The zero-order valence-electron chi connectivity index (χ0n) is 6.15. The molecule has 0 saturated carbocycles. The fourth-order valence-electron chi connectivity index (χ4n) is 0.554. The monoisotopic (exact) mass is 118 g/mol. The summed E-state index contributed by atoms with van der Waals surface area (Å²) >= 11 is 0. The fourth-order valence-corrected chi connectivity index (χ4v) is 0.554. The van der Waals surface area contributed by atoms with E-state index in [0.717, 1.165) is 0 Å². The summed E-state index contributed by atoms with van der Waals surface area (Å²) < 4.78 is 2.11. The molecule has 0 aliphatic heterocycles. The van der Waals surface area contributed by atoms with E-state index in [-0.39, 0.29) is 0 Å². The summed E-state index contributed by atoms with van der Waals surface area (Å²) in [6.07, 6.45) is 6.05. The van der Waals surface area contributed by atoms with Crippen LogP contribution in [0.5, 0.6) is 0 Å². The first-order valence-corrected chi connectivity index (χ1v) is 3.27. The maximum atomic E-state index is 2.21. The maximum Gasteiger partial charge on any atom is 0.139 e. The van der Waals surface area contributed by atoms with E-state index in [1.165, 1.54) is 19.3 Å². The molecule has 0 aromatic rings. The third-order valence-electron chi connectivity index (χ3n) is 1.05. The Bertz CT molecular complexity index is 70.5. The van der Waals surface area contributed by atoms with Gasteiger partial charge in [-0.15, -0.1) is 0 Å². The highest BCUT2D eigenvalue weighted by Crippen LogP contribution is 1.88. The molecule has 0 heterocycles. The number of hydrogen-bond donors (Lipinski definition) is 0. The van der Waals surface area contributed by atoms with E-state index in [4.69, 9.17) is 0 Å². The molecule has 0 N–H and O–H groups in total. The van der Waals surface area contributed by atoms with Crippen LogP contribution in [0.4, 0.5) is 0 Å². The smallest absolute Gasteiger partial charge is 0.139 e. The summed E-state index contributed by atoms with van der Waals surface area (Å²) in [7, 11) is 4.13. The summed E-state index contributed by atoms with van der Waals surface area (Å²) in [6, 6.07) is 0. The lowest BCUT2D eigenvalue weighted by molar-refractivity contribution is -0.460. The lowest BCUT2D eigenvalue weighted by Gasteiger charge is -1.85. The molecule has 8 heavy (non-hydrogen) atoms. The van der Waals surface area contributed by atoms with Crippen LogP contribution in [0.25, 0.3) is 0 Å². The van der Waals surface area contributed by atoms with Gasteiger partial charge in [0.1, 0.15) is 20.3 Å². The molecule has 1 heteroatoms. The highest BCUT2D eigenvalue weighted by Gasteiger charge is 1.82. The van der Waals surface area contributed by atoms with Gasteiger partial charge in [0.05, 0.1) is 0 Å². The van der Waals surface area contributed by atoms with Gasteiger partial charge in [0.2, 0.25) is 0 Å². The van der Waals surface area contributed by atoms with E-state index in [9.17, 15) is 0 Å². The second-order valence-electron chi connectivity index (χ2n) is 2.29. The molecule has 0 aliphatic rings. The summed E-state index contributed by atoms with van der Waals surface area (Å²) in [5, 5.41) is 0. The minimum absolute atomic E-state index is 1.23. The predicted octanol–water partition coefficient (Wildman–Crippen LogP) is 1.52. The predicted molar refractivity (Wildman–Crippen MR) is 37.7 cm³/mol. The maximum absolute atomic E-state index is 2.21. The Balaban J connectivity index is 3.03. The van der Waals surface area contributed by atoms with Crippen LogP contribution in [0, 0.1) is 0 Å². The molecule has 0 amide bonds. The molecule has 0 aromatic heterocycles. The summed E-state index contributed by atoms with van der Waals surface area (Å²) in [5.41, 5.74) is 0. The molecule has 0 aromatic carbocycles.